The number of carbonyl (C=O) groups is 1. The van der Waals surface area contributed by atoms with Gasteiger partial charge in [0.2, 0.25) is 0 Å². The molecule has 1 N–H and O–H groups in total. The Hall–Kier alpha value is -1.52. The van der Waals surface area contributed by atoms with E-state index in [2.05, 4.69) is 28.0 Å². The third-order valence-electron chi connectivity index (χ3n) is 4.32. The van der Waals surface area contributed by atoms with E-state index in [4.69, 9.17) is 0 Å². The summed E-state index contributed by atoms with van der Waals surface area (Å²) in [6, 6.07) is 0.0579. The summed E-state index contributed by atoms with van der Waals surface area (Å²) < 4.78 is 2.23. The smallest absolute Gasteiger partial charge is 0.317 e. The van der Waals surface area contributed by atoms with E-state index in [0.29, 0.717) is 12.5 Å². The minimum Gasteiger partial charge on any atom is -0.335 e. The number of nitrogens with one attached hydrogen (secondary N) is 1. The predicted octanol–water partition coefficient (Wildman–Crippen LogP) is 2.16. The number of rotatable bonds is 2. The lowest BCUT2D eigenvalue weighted by molar-refractivity contribution is 0.169. The molecule has 1 aromatic heterocycles. The van der Waals surface area contributed by atoms with E-state index >= 15 is 0 Å². The minimum absolute atomic E-state index is 0.0579. The number of hydrogen-bond donors (Lipinski definition) is 1. The fraction of sp³-hybridized carbons (Fsp3) is 0.733. The molecule has 0 saturated carbocycles. The molecule has 1 unspecified atom stereocenters. The van der Waals surface area contributed by atoms with Gasteiger partial charge in [-0.15, -0.1) is 0 Å². The van der Waals surface area contributed by atoms with Gasteiger partial charge in [-0.25, -0.2) is 9.78 Å². The average molecular weight is 276 g/mol. The van der Waals surface area contributed by atoms with Gasteiger partial charge in [0.05, 0.1) is 12.2 Å². The molecule has 1 fully saturated rings. The number of fused-ring (bicyclic) bond motifs is 1. The molecule has 5 heteroatoms. The van der Waals surface area contributed by atoms with Crippen LogP contribution in [0.5, 0.6) is 0 Å². The van der Waals surface area contributed by atoms with Crippen molar-refractivity contribution in [2.24, 2.45) is 5.92 Å². The number of amides is 2. The largest absolute Gasteiger partial charge is 0.335 e. The predicted molar refractivity (Wildman–Crippen MR) is 77.4 cm³/mol. The Balaban J connectivity index is 1.53. The average Bonchev–Trinajstić information content (AvgIpc) is 2.87. The summed E-state index contributed by atoms with van der Waals surface area (Å²) in [4.78, 5) is 18.7. The van der Waals surface area contributed by atoms with Crippen molar-refractivity contribution in [1.29, 1.82) is 0 Å². The fourth-order valence-electron chi connectivity index (χ4n) is 3.21. The molecular formula is C15H24N4O. The highest BCUT2D eigenvalue weighted by Crippen LogP contribution is 2.16. The van der Waals surface area contributed by atoms with Crippen molar-refractivity contribution >= 4 is 6.03 Å². The maximum Gasteiger partial charge on any atom is 0.317 e. The second kappa shape index (κ2) is 5.85. The van der Waals surface area contributed by atoms with Crippen molar-refractivity contribution in [2.45, 2.75) is 52.1 Å². The quantitative estimate of drug-likeness (QED) is 0.900. The molecule has 0 bridgehead atoms. The maximum atomic E-state index is 12.1. The number of hydrogen-bond acceptors (Lipinski definition) is 2. The standard InChI is InChI=1S/C15H24N4O/c1-12-5-4-8-19(10-12)15(20)16-9-13-11-18-7-3-2-6-14(18)17-13/h11-12H,2-10H2,1H3,(H,16,20). The lowest BCUT2D eigenvalue weighted by Gasteiger charge is -2.30. The summed E-state index contributed by atoms with van der Waals surface area (Å²) in [6.07, 6.45) is 7.98. The first-order chi connectivity index (χ1) is 9.72. The molecule has 1 saturated heterocycles. The molecule has 5 nitrogen and oxygen atoms in total. The molecule has 0 aliphatic carbocycles. The van der Waals surface area contributed by atoms with Gasteiger partial charge in [-0.1, -0.05) is 6.92 Å². The van der Waals surface area contributed by atoms with Crippen molar-refractivity contribution < 1.29 is 4.79 Å². The monoisotopic (exact) mass is 276 g/mol. The third-order valence-corrected chi connectivity index (χ3v) is 4.32. The van der Waals surface area contributed by atoms with E-state index in [1.807, 2.05) is 4.90 Å². The lowest BCUT2D eigenvalue weighted by Crippen LogP contribution is -2.44. The summed E-state index contributed by atoms with van der Waals surface area (Å²) in [5.74, 6) is 1.79. The molecule has 2 amide bonds. The van der Waals surface area contributed by atoms with E-state index in [9.17, 15) is 4.79 Å². The fourth-order valence-corrected chi connectivity index (χ4v) is 3.21. The third kappa shape index (κ3) is 2.97. The van der Waals surface area contributed by atoms with Gasteiger partial charge < -0.3 is 14.8 Å². The van der Waals surface area contributed by atoms with Crippen LogP contribution in [0.1, 0.15) is 44.1 Å². The van der Waals surface area contributed by atoms with Gasteiger partial charge in [0, 0.05) is 32.3 Å². The Morgan fingerprint density at radius 3 is 3.10 bits per heavy atom. The molecule has 2 aliphatic heterocycles. The first-order valence-electron chi connectivity index (χ1n) is 7.80. The molecule has 2 aliphatic rings. The highest BCUT2D eigenvalue weighted by molar-refractivity contribution is 5.74. The summed E-state index contributed by atoms with van der Waals surface area (Å²) >= 11 is 0. The van der Waals surface area contributed by atoms with Gasteiger partial charge in [0.15, 0.2) is 0 Å². The highest BCUT2D eigenvalue weighted by atomic mass is 16.2. The summed E-state index contributed by atoms with van der Waals surface area (Å²) in [5.41, 5.74) is 0.986. The van der Waals surface area contributed by atoms with Crippen molar-refractivity contribution in [1.82, 2.24) is 19.8 Å². The zero-order chi connectivity index (χ0) is 13.9. The van der Waals surface area contributed by atoms with E-state index in [-0.39, 0.29) is 6.03 Å². The number of likely N-dealkylation sites (tertiary alicyclic amines) is 1. The molecule has 3 heterocycles. The molecule has 0 radical (unpaired) electrons. The van der Waals surface area contributed by atoms with Gasteiger partial charge in [-0.2, -0.15) is 0 Å². The lowest BCUT2D eigenvalue weighted by atomic mass is 10.0. The molecule has 20 heavy (non-hydrogen) atoms. The van der Waals surface area contributed by atoms with Crippen molar-refractivity contribution in [3.05, 3.63) is 17.7 Å². The Kier molecular flexibility index (Phi) is 3.94. The van der Waals surface area contributed by atoms with Gasteiger partial charge in [-0.05, 0) is 31.6 Å². The van der Waals surface area contributed by atoms with Gasteiger partial charge in [0.1, 0.15) is 5.82 Å². The Bertz CT molecular complexity index is 459. The van der Waals surface area contributed by atoms with Crippen LogP contribution < -0.4 is 5.32 Å². The van der Waals surface area contributed by atoms with Crippen LogP contribution in [0, 0.1) is 5.92 Å². The molecule has 1 aromatic rings. The van der Waals surface area contributed by atoms with Crippen molar-refractivity contribution in [3.8, 4) is 0 Å². The zero-order valence-electron chi connectivity index (χ0n) is 12.3. The highest BCUT2D eigenvalue weighted by Gasteiger charge is 2.21. The first kappa shape index (κ1) is 13.5. The van der Waals surface area contributed by atoms with Crippen molar-refractivity contribution in [2.75, 3.05) is 13.1 Å². The van der Waals surface area contributed by atoms with E-state index in [1.165, 1.54) is 25.1 Å². The second-order valence-electron chi connectivity index (χ2n) is 6.15. The van der Waals surface area contributed by atoms with E-state index < -0.39 is 0 Å². The molecular weight excluding hydrogens is 252 g/mol. The van der Waals surface area contributed by atoms with E-state index in [1.54, 1.807) is 0 Å². The van der Waals surface area contributed by atoms with Gasteiger partial charge in [-0.3, -0.25) is 0 Å². The minimum atomic E-state index is 0.0579. The van der Waals surface area contributed by atoms with E-state index in [0.717, 1.165) is 38.2 Å². The van der Waals surface area contributed by atoms with Crippen LogP contribution in [0.15, 0.2) is 6.20 Å². The SMILES string of the molecule is CC1CCCN(C(=O)NCc2cn3c(n2)CCCC3)C1. The Labute approximate surface area is 120 Å². The van der Waals surface area contributed by atoms with Crippen LogP contribution in [0.3, 0.4) is 0 Å². The molecule has 0 aromatic carbocycles. The van der Waals surface area contributed by atoms with Crippen LogP contribution in [0.4, 0.5) is 4.79 Å². The van der Waals surface area contributed by atoms with Crippen LogP contribution in [0.25, 0.3) is 0 Å². The van der Waals surface area contributed by atoms with Crippen LogP contribution in [0.2, 0.25) is 0 Å². The maximum absolute atomic E-state index is 12.1. The summed E-state index contributed by atoms with van der Waals surface area (Å²) in [5, 5.41) is 3.01. The summed E-state index contributed by atoms with van der Waals surface area (Å²) in [6.45, 7) is 5.59. The first-order valence-corrected chi connectivity index (χ1v) is 7.80. The Morgan fingerprint density at radius 2 is 2.30 bits per heavy atom. The molecule has 110 valence electrons. The Morgan fingerprint density at radius 1 is 1.40 bits per heavy atom. The van der Waals surface area contributed by atoms with Crippen LogP contribution >= 0.6 is 0 Å². The number of aryl methyl sites for hydroxylation is 2. The number of imidazole rings is 1. The number of urea groups is 1. The number of carbonyl (C=O) groups excluding carboxylic acids is 1. The van der Waals surface area contributed by atoms with Crippen LogP contribution in [-0.2, 0) is 19.5 Å². The molecule has 3 rings (SSSR count). The zero-order valence-corrected chi connectivity index (χ0v) is 12.3. The normalized spacial score (nSPS) is 22.4. The molecule has 0 spiro atoms. The van der Waals surface area contributed by atoms with Crippen LogP contribution in [-0.4, -0.2) is 33.6 Å². The van der Waals surface area contributed by atoms with Crippen molar-refractivity contribution in [3.63, 3.8) is 0 Å². The number of piperidine rings is 1. The molecule has 1 atom stereocenters. The summed E-state index contributed by atoms with van der Waals surface area (Å²) in [7, 11) is 0. The second-order valence-corrected chi connectivity index (χ2v) is 6.15. The number of aromatic nitrogens is 2. The number of nitrogens with zero attached hydrogens (tertiary/aromatic N) is 3. The topological polar surface area (TPSA) is 50.2 Å². The van der Waals surface area contributed by atoms with Gasteiger partial charge in [0.25, 0.3) is 0 Å². The van der Waals surface area contributed by atoms with Gasteiger partial charge >= 0.3 is 6.03 Å².